The molecule has 0 aromatic heterocycles. The molecule has 0 bridgehead atoms. The first-order valence-corrected chi connectivity index (χ1v) is 3.24. The molecule has 0 radical (unpaired) electrons. The van der Waals surface area contributed by atoms with E-state index in [2.05, 4.69) is 0 Å². The molecular formula is C7H11NO3. The molecule has 0 aromatic carbocycles. The molecule has 1 N–H and O–H groups in total. The van der Waals surface area contributed by atoms with Crippen molar-refractivity contribution in [2.24, 2.45) is 0 Å². The predicted octanol–water partition coefficient (Wildman–Crippen LogP) is -0.460. The zero-order chi connectivity index (χ0) is 8.85. The van der Waals surface area contributed by atoms with E-state index in [0.29, 0.717) is 6.54 Å². The van der Waals surface area contributed by atoms with Gasteiger partial charge in [0, 0.05) is 25.8 Å². The highest BCUT2D eigenvalue weighted by Crippen LogP contribution is 2.00. The molecule has 0 fully saturated rings. The molecule has 0 atom stereocenters. The summed E-state index contributed by atoms with van der Waals surface area (Å²) in [6, 6.07) is 0. The van der Waals surface area contributed by atoms with Gasteiger partial charge in [-0.05, 0) is 6.92 Å². The molecule has 1 aliphatic heterocycles. The summed E-state index contributed by atoms with van der Waals surface area (Å²) in [4.78, 5) is 22.4. The van der Waals surface area contributed by atoms with Crippen LogP contribution in [0, 0.1) is 0 Å². The van der Waals surface area contributed by atoms with Gasteiger partial charge in [0.25, 0.3) is 11.8 Å². The number of carbonyl (C=O) groups is 2. The van der Waals surface area contributed by atoms with E-state index in [0.717, 1.165) is 7.11 Å². The average Bonchev–Trinajstić information content (AvgIpc) is 2.35. The van der Waals surface area contributed by atoms with Gasteiger partial charge in [-0.3, -0.25) is 14.5 Å². The number of hydrogen-bond acceptors (Lipinski definition) is 3. The van der Waals surface area contributed by atoms with Crippen LogP contribution in [0.2, 0.25) is 0 Å². The van der Waals surface area contributed by atoms with Crippen LogP contribution in [0.1, 0.15) is 6.92 Å². The maximum absolute atomic E-state index is 10.6. The Bertz CT molecular complexity index is 168. The van der Waals surface area contributed by atoms with E-state index in [-0.39, 0.29) is 11.8 Å². The van der Waals surface area contributed by atoms with Crippen LogP contribution in [0.15, 0.2) is 12.2 Å². The Balaban J connectivity index is 0.000000461. The van der Waals surface area contributed by atoms with Crippen LogP contribution >= 0.6 is 0 Å². The molecule has 1 heterocycles. The van der Waals surface area contributed by atoms with Gasteiger partial charge >= 0.3 is 0 Å². The summed E-state index contributed by atoms with van der Waals surface area (Å²) in [7, 11) is 1.00. The summed E-state index contributed by atoms with van der Waals surface area (Å²) in [5.41, 5.74) is 0. The molecule has 62 valence electrons. The molecule has 0 aromatic rings. The Morgan fingerprint density at radius 3 is 1.82 bits per heavy atom. The quantitative estimate of drug-likeness (QED) is 0.524. The lowest BCUT2D eigenvalue weighted by atomic mass is 10.5. The summed E-state index contributed by atoms with van der Waals surface area (Å²) in [6.45, 7) is 2.23. The van der Waals surface area contributed by atoms with Crippen molar-refractivity contribution in [1.29, 1.82) is 0 Å². The summed E-state index contributed by atoms with van der Waals surface area (Å²) >= 11 is 0. The monoisotopic (exact) mass is 157 g/mol. The summed E-state index contributed by atoms with van der Waals surface area (Å²) < 4.78 is 0. The zero-order valence-electron chi connectivity index (χ0n) is 6.57. The summed E-state index contributed by atoms with van der Waals surface area (Å²) in [6.07, 6.45) is 2.57. The van der Waals surface area contributed by atoms with E-state index < -0.39 is 0 Å². The molecule has 11 heavy (non-hydrogen) atoms. The first kappa shape index (κ1) is 9.84. The van der Waals surface area contributed by atoms with Gasteiger partial charge in [-0.1, -0.05) is 0 Å². The molecule has 0 saturated carbocycles. The second-order valence-corrected chi connectivity index (χ2v) is 1.75. The van der Waals surface area contributed by atoms with Gasteiger partial charge in [-0.2, -0.15) is 0 Å². The molecule has 1 aliphatic rings. The topological polar surface area (TPSA) is 57.6 Å². The van der Waals surface area contributed by atoms with Crippen molar-refractivity contribution in [1.82, 2.24) is 4.90 Å². The lowest BCUT2D eigenvalue weighted by Crippen LogP contribution is -2.29. The van der Waals surface area contributed by atoms with Crippen LogP contribution in [-0.2, 0) is 9.59 Å². The maximum Gasteiger partial charge on any atom is 0.253 e. The molecule has 4 nitrogen and oxygen atoms in total. The molecule has 1 rings (SSSR count). The van der Waals surface area contributed by atoms with Crippen molar-refractivity contribution in [2.75, 3.05) is 13.7 Å². The van der Waals surface area contributed by atoms with Crippen molar-refractivity contribution in [3.8, 4) is 0 Å². The van der Waals surface area contributed by atoms with Gasteiger partial charge in [0.05, 0.1) is 0 Å². The van der Waals surface area contributed by atoms with Gasteiger partial charge < -0.3 is 5.11 Å². The number of rotatable bonds is 1. The van der Waals surface area contributed by atoms with Crippen LogP contribution in [0.25, 0.3) is 0 Å². The highest BCUT2D eigenvalue weighted by molar-refractivity contribution is 6.12. The molecular weight excluding hydrogens is 146 g/mol. The number of imide groups is 1. The van der Waals surface area contributed by atoms with Crippen LogP contribution in [0.4, 0.5) is 0 Å². The Hall–Kier alpha value is -1.16. The van der Waals surface area contributed by atoms with E-state index >= 15 is 0 Å². The van der Waals surface area contributed by atoms with Crippen LogP contribution in [0.3, 0.4) is 0 Å². The van der Waals surface area contributed by atoms with E-state index in [9.17, 15) is 9.59 Å². The Morgan fingerprint density at radius 1 is 1.27 bits per heavy atom. The molecule has 0 unspecified atom stereocenters. The summed E-state index contributed by atoms with van der Waals surface area (Å²) in [5.74, 6) is -0.412. The van der Waals surface area contributed by atoms with Crippen LogP contribution in [-0.4, -0.2) is 35.5 Å². The smallest absolute Gasteiger partial charge is 0.253 e. The van der Waals surface area contributed by atoms with Gasteiger partial charge in [0.1, 0.15) is 0 Å². The number of aliphatic hydroxyl groups is 1. The van der Waals surface area contributed by atoms with E-state index in [1.54, 1.807) is 6.92 Å². The largest absolute Gasteiger partial charge is 0.400 e. The van der Waals surface area contributed by atoms with Crippen LogP contribution < -0.4 is 0 Å². The highest BCUT2D eigenvalue weighted by atomic mass is 16.2. The second kappa shape index (κ2) is 4.62. The third-order valence-electron chi connectivity index (χ3n) is 1.22. The maximum atomic E-state index is 10.6. The number of nitrogens with zero attached hydrogens (tertiary/aromatic N) is 1. The minimum atomic E-state index is -0.206. The third kappa shape index (κ3) is 2.16. The minimum absolute atomic E-state index is 0.206. The average molecular weight is 157 g/mol. The fraction of sp³-hybridized carbons (Fsp3) is 0.429. The lowest BCUT2D eigenvalue weighted by molar-refractivity contribution is -0.136. The number of aliphatic hydroxyl groups excluding tert-OH is 1. The summed E-state index contributed by atoms with van der Waals surface area (Å²) in [5, 5.41) is 7.00. The van der Waals surface area contributed by atoms with E-state index in [4.69, 9.17) is 5.11 Å². The molecule has 0 saturated heterocycles. The minimum Gasteiger partial charge on any atom is -0.400 e. The Labute approximate surface area is 65.1 Å². The van der Waals surface area contributed by atoms with Crippen molar-refractivity contribution < 1.29 is 14.7 Å². The van der Waals surface area contributed by atoms with Gasteiger partial charge in [-0.15, -0.1) is 0 Å². The Morgan fingerprint density at radius 2 is 1.64 bits per heavy atom. The van der Waals surface area contributed by atoms with Crippen molar-refractivity contribution in [3.63, 3.8) is 0 Å². The van der Waals surface area contributed by atoms with Gasteiger partial charge in [0.15, 0.2) is 0 Å². The number of likely N-dealkylation sites (N-methyl/N-ethyl adjacent to an activating group) is 1. The fourth-order valence-electron chi connectivity index (χ4n) is 0.743. The number of carbonyl (C=O) groups excluding carboxylic acids is 2. The molecule has 0 spiro atoms. The first-order valence-electron chi connectivity index (χ1n) is 3.24. The SMILES string of the molecule is CCN1C(=O)C=CC1=O.CO. The highest BCUT2D eigenvalue weighted by Gasteiger charge is 2.20. The predicted molar refractivity (Wildman–Crippen MR) is 39.7 cm³/mol. The lowest BCUT2D eigenvalue weighted by Gasteiger charge is -2.08. The van der Waals surface area contributed by atoms with Crippen molar-refractivity contribution in [2.45, 2.75) is 6.92 Å². The van der Waals surface area contributed by atoms with Gasteiger partial charge in [-0.25, -0.2) is 0 Å². The molecule has 2 amide bonds. The number of hydrogen-bond donors (Lipinski definition) is 1. The molecule has 0 aliphatic carbocycles. The molecule has 4 heteroatoms. The van der Waals surface area contributed by atoms with E-state index in [1.165, 1.54) is 17.1 Å². The first-order chi connectivity index (χ1) is 5.25. The normalized spacial score (nSPS) is 15.0. The zero-order valence-corrected chi connectivity index (χ0v) is 6.57. The van der Waals surface area contributed by atoms with Crippen molar-refractivity contribution in [3.05, 3.63) is 12.2 Å². The Kier molecular flexibility index (Phi) is 4.14. The van der Waals surface area contributed by atoms with Crippen molar-refractivity contribution >= 4 is 11.8 Å². The van der Waals surface area contributed by atoms with Gasteiger partial charge in [0.2, 0.25) is 0 Å². The fourth-order valence-corrected chi connectivity index (χ4v) is 0.743. The third-order valence-corrected chi connectivity index (χ3v) is 1.22. The van der Waals surface area contributed by atoms with Crippen LogP contribution in [0.5, 0.6) is 0 Å². The number of amides is 2. The van der Waals surface area contributed by atoms with E-state index in [1.807, 2.05) is 0 Å². The standard InChI is InChI=1S/C6H7NO2.CH4O/c1-2-7-5(8)3-4-6(7)9;1-2/h3-4H,2H2,1H3;2H,1H3. The second-order valence-electron chi connectivity index (χ2n) is 1.75.